The minimum atomic E-state index is -0.818. The van der Waals surface area contributed by atoms with E-state index in [9.17, 15) is 15.0 Å². The first-order valence-corrected chi connectivity index (χ1v) is 12.2. The van der Waals surface area contributed by atoms with Crippen molar-refractivity contribution in [3.05, 3.63) is 29.6 Å². The van der Waals surface area contributed by atoms with E-state index in [4.69, 9.17) is 4.74 Å². The van der Waals surface area contributed by atoms with Crippen LogP contribution < -0.4 is 10.1 Å². The van der Waals surface area contributed by atoms with E-state index in [1.807, 2.05) is 10.7 Å². The number of aromatic hydroxyl groups is 1. The summed E-state index contributed by atoms with van der Waals surface area (Å²) in [7, 11) is 1.51. The molecule has 2 atom stereocenters. The molecule has 0 radical (unpaired) electrons. The summed E-state index contributed by atoms with van der Waals surface area (Å²) in [6, 6.07) is 4.84. The third kappa shape index (κ3) is 5.63. The fraction of sp³-hybridized carbons (Fsp3) is 0.667. The summed E-state index contributed by atoms with van der Waals surface area (Å²) in [6.07, 6.45) is 11.1. The minimum absolute atomic E-state index is 0.0333. The first-order chi connectivity index (χ1) is 16.1. The van der Waals surface area contributed by atoms with Gasteiger partial charge in [0, 0.05) is 6.04 Å². The number of hydrogen-bond acceptors (Lipinski definition) is 7. The molecule has 2 aromatic rings. The van der Waals surface area contributed by atoms with Crippen LogP contribution in [0.3, 0.4) is 0 Å². The quantitative estimate of drug-likeness (QED) is 0.516. The second kappa shape index (κ2) is 11.0. The van der Waals surface area contributed by atoms with Gasteiger partial charge in [0.15, 0.2) is 17.3 Å². The minimum Gasteiger partial charge on any atom is -0.504 e. The first-order valence-electron chi connectivity index (χ1n) is 12.2. The number of carboxylic acids is 1. The van der Waals surface area contributed by atoms with Crippen LogP contribution in [0.25, 0.3) is 0 Å². The van der Waals surface area contributed by atoms with Crippen molar-refractivity contribution >= 4 is 5.97 Å². The smallest absolute Gasteiger partial charge is 0.304 e. The maximum absolute atomic E-state index is 11.8. The molecule has 1 heterocycles. The standard InChI is InChI=1S/C24H35N5O4/c1-33-21-13-12-17(14-20(21)30)23(24-26-27-28-29(24)18-10-6-3-7-11-18)25-19(15-22(31)32)16-8-4-2-5-9-16/h12-14,16,18-19,23,25,30H,2-11,15H2,1H3,(H,31,32). The van der Waals surface area contributed by atoms with Crippen molar-refractivity contribution in [3.8, 4) is 11.5 Å². The van der Waals surface area contributed by atoms with Crippen molar-refractivity contribution in [2.24, 2.45) is 5.92 Å². The molecule has 0 amide bonds. The van der Waals surface area contributed by atoms with Gasteiger partial charge in [-0.3, -0.25) is 10.1 Å². The molecular formula is C24H35N5O4. The molecule has 180 valence electrons. The number of nitrogens with one attached hydrogen (secondary N) is 1. The number of phenolic OH excluding ortho intramolecular Hbond substituents is 1. The Hall–Kier alpha value is -2.68. The van der Waals surface area contributed by atoms with Crippen LogP contribution in [0.5, 0.6) is 11.5 Å². The van der Waals surface area contributed by atoms with Crippen molar-refractivity contribution in [2.75, 3.05) is 7.11 Å². The van der Waals surface area contributed by atoms with Crippen LogP contribution in [0, 0.1) is 5.92 Å². The average molecular weight is 458 g/mol. The number of hydrogen-bond donors (Lipinski definition) is 3. The van der Waals surface area contributed by atoms with Crippen molar-refractivity contribution in [2.45, 2.75) is 88.8 Å². The van der Waals surface area contributed by atoms with Crippen molar-refractivity contribution in [3.63, 3.8) is 0 Å². The van der Waals surface area contributed by atoms with Crippen LogP contribution in [0.2, 0.25) is 0 Å². The SMILES string of the molecule is COc1ccc(C(NC(CC(=O)O)C2CCCCC2)c2nnnn2C2CCCCC2)cc1O. The molecule has 0 saturated heterocycles. The molecule has 0 spiro atoms. The maximum atomic E-state index is 11.8. The third-order valence-electron chi connectivity index (χ3n) is 7.23. The summed E-state index contributed by atoms with van der Waals surface area (Å²) < 4.78 is 7.14. The number of methoxy groups -OCH3 is 1. The monoisotopic (exact) mass is 457 g/mol. The van der Waals surface area contributed by atoms with E-state index in [0.29, 0.717) is 11.6 Å². The summed E-state index contributed by atoms with van der Waals surface area (Å²) in [5.74, 6) is 0.548. The number of tetrazole rings is 1. The molecule has 2 aliphatic rings. The Bertz CT molecular complexity index is 921. The highest BCUT2D eigenvalue weighted by Gasteiger charge is 2.33. The lowest BCUT2D eigenvalue weighted by Crippen LogP contribution is -2.42. The summed E-state index contributed by atoms with van der Waals surface area (Å²) >= 11 is 0. The van der Waals surface area contributed by atoms with Gasteiger partial charge in [-0.1, -0.05) is 44.6 Å². The molecule has 2 fully saturated rings. The maximum Gasteiger partial charge on any atom is 0.304 e. The topological polar surface area (TPSA) is 122 Å². The predicted octanol–water partition coefficient (Wildman–Crippen LogP) is 4.00. The van der Waals surface area contributed by atoms with Crippen LogP contribution in [0.1, 0.15) is 94.1 Å². The largest absolute Gasteiger partial charge is 0.504 e. The molecule has 9 nitrogen and oxygen atoms in total. The zero-order valence-corrected chi connectivity index (χ0v) is 19.3. The Labute approximate surface area is 194 Å². The van der Waals surface area contributed by atoms with Crippen molar-refractivity contribution in [1.29, 1.82) is 0 Å². The Morgan fingerprint density at radius 1 is 1.15 bits per heavy atom. The molecule has 2 aliphatic carbocycles. The van der Waals surface area contributed by atoms with E-state index in [2.05, 4.69) is 20.8 Å². The highest BCUT2D eigenvalue weighted by atomic mass is 16.5. The zero-order chi connectivity index (χ0) is 23.2. The number of ether oxygens (including phenoxy) is 1. The molecule has 0 aliphatic heterocycles. The Morgan fingerprint density at radius 2 is 1.85 bits per heavy atom. The molecule has 2 unspecified atom stereocenters. The predicted molar refractivity (Wildman–Crippen MR) is 122 cm³/mol. The molecule has 0 bridgehead atoms. The normalized spacial score (nSPS) is 19.8. The van der Waals surface area contributed by atoms with Crippen LogP contribution >= 0.6 is 0 Å². The summed E-state index contributed by atoms with van der Waals surface area (Å²) in [5, 5.41) is 36.5. The van der Waals surface area contributed by atoms with Gasteiger partial charge in [0.1, 0.15) is 0 Å². The number of carboxylic acid groups (broad SMARTS) is 1. The van der Waals surface area contributed by atoms with Crippen LogP contribution in [0.15, 0.2) is 18.2 Å². The van der Waals surface area contributed by atoms with Crippen LogP contribution in [-0.2, 0) is 4.79 Å². The first kappa shape index (κ1) is 23.5. The lowest BCUT2D eigenvalue weighted by molar-refractivity contribution is -0.138. The number of benzene rings is 1. The second-order valence-corrected chi connectivity index (χ2v) is 9.41. The van der Waals surface area contributed by atoms with Crippen LogP contribution in [-0.4, -0.2) is 49.5 Å². The number of aromatic nitrogens is 4. The van der Waals surface area contributed by atoms with Gasteiger partial charge >= 0.3 is 5.97 Å². The van der Waals surface area contributed by atoms with Gasteiger partial charge in [0.25, 0.3) is 0 Å². The molecule has 9 heteroatoms. The van der Waals surface area contributed by atoms with Crippen molar-refractivity contribution < 1.29 is 19.7 Å². The van der Waals surface area contributed by atoms with E-state index in [0.717, 1.165) is 56.9 Å². The Kier molecular flexibility index (Phi) is 7.80. The van der Waals surface area contributed by atoms with Gasteiger partial charge in [-0.05, 0) is 59.7 Å². The van der Waals surface area contributed by atoms with Gasteiger partial charge in [0.2, 0.25) is 0 Å². The fourth-order valence-electron chi connectivity index (χ4n) is 5.48. The van der Waals surface area contributed by atoms with E-state index < -0.39 is 12.0 Å². The van der Waals surface area contributed by atoms with Gasteiger partial charge in [-0.2, -0.15) is 0 Å². The second-order valence-electron chi connectivity index (χ2n) is 9.41. The van der Waals surface area contributed by atoms with Gasteiger partial charge in [-0.15, -0.1) is 5.10 Å². The van der Waals surface area contributed by atoms with Crippen molar-refractivity contribution in [1.82, 2.24) is 25.5 Å². The fourth-order valence-corrected chi connectivity index (χ4v) is 5.48. The molecule has 33 heavy (non-hydrogen) atoms. The highest BCUT2D eigenvalue weighted by Crippen LogP contribution is 2.36. The molecule has 2 saturated carbocycles. The number of phenols is 1. The summed E-state index contributed by atoms with van der Waals surface area (Å²) in [4.78, 5) is 11.8. The molecule has 3 N–H and O–H groups in total. The molecule has 1 aromatic carbocycles. The Morgan fingerprint density at radius 3 is 2.48 bits per heavy atom. The lowest BCUT2D eigenvalue weighted by Gasteiger charge is -2.34. The van der Waals surface area contributed by atoms with Gasteiger partial charge in [-0.25, -0.2) is 4.68 Å². The molecular weight excluding hydrogens is 422 g/mol. The Balaban J connectivity index is 1.70. The van der Waals surface area contributed by atoms with E-state index in [1.165, 1.54) is 20.0 Å². The number of rotatable bonds is 9. The zero-order valence-electron chi connectivity index (χ0n) is 19.3. The molecule has 1 aromatic heterocycles. The number of nitrogens with zero attached hydrogens (tertiary/aromatic N) is 4. The van der Waals surface area contributed by atoms with E-state index >= 15 is 0 Å². The average Bonchev–Trinajstić information content (AvgIpc) is 3.32. The van der Waals surface area contributed by atoms with Gasteiger partial charge in [0.05, 0.1) is 25.6 Å². The van der Waals surface area contributed by atoms with Crippen LogP contribution in [0.4, 0.5) is 0 Å². The van der Waals surface area contributed by atoms with E-state index in [-0.39, 0.29) is 30.2 Å². The highest BCUT2D eigenvalue weighted by molar-refractivity contribution is 5.67. The molecule has 4 rings (SSSR count). The number of carbonyl (C=O) groups is 1. The van der Waals surface area contributed by atoms with Gasteiger partial charge < -0.3 is 14.9 Å². The number of aliphatic carboxylic acids is 1. The lowest BCUT2D eigenvalue weighted by atomic mass is 9.82. The van der Waals surface area contributed by atoms with E-state index in [1.54, 1.807) is 12.1 Å². The summed E-state index contributed by atoms with van der Waals surface area (Å²) in [6.45, 7) is 0. The third-order valence-corrected chi connectivity index (χ3v) is 7.23. The summed E-state index contributed by atoms with van der Waals surface area (Å²) in [5.41, 5.74) is 0.784.